The van der Waals surface area contributed by atoms with Crippen molar-refractivity contribution in [3.8, 4) is 28.3 Å². The fourth-order valence-electron chi connectivity index (χ4n) is 3.60. The van der Waals surface area contributed by atoms with Crippen LogP contribution in [0.4, 0.5) is 4.39 Å². The number of hydrogen-bond donors (Lipinski definition) is 0. The van der Waals surface area contributed by atoms with Gasteiger partial charge in [-0.05, 0) is 42.0 Å². The van der Waals surface area contributed by atoms with Crippen molar-refractivity contribution in [1.29, 1.82) is 0 Å². The molecule has 6 heteroatoms. The number of aromatic nitrogens is 2. The number of esters is 1. The number of halogens is 1. The highest BCUT2D eigenvalue weighted by Gasteiger charge is 2.20. The zero-order valence-electron chi connectivity index (χ0n) is 20.2. The minimum Gasteiger partial charge on any atom is -0.490 e. The first-order valence-electron chi connectivity index (χ1n) is 12.0. The first kappa shape index (κ1) is 25.3. The number of nitrogens with zero attached hydrogens (tertiary/aromatic N) is 2. The lowest BCUT2D eigenvalue weighted by atomic mass is 9.94. The summed E-state index contributed by atoms with van der Waals surface area (Å²) in [7, 11) is 0. The molecule has 180 valence electrons. The van der Waals surface area contributed by atoms with E-state index in [2.05, 4.69) is 16.9 Å². The van der Waals surface area contributed by atoms with Gasteiger partial charge in [-0.25, -0.2) is 14.4 Å². The van der Waals surface area contributed by atoms with Gasteiger partial charge in [-0.15, -0.1) is 0 Å². The molecule has 5 nitrogen and oxygen atoms in total. The van der Waals surface area contributed by atoms with Crippen LogP contribution < -0.4 is 4.74 Å². The van der Waals surface area contributed by atoms with Crippen LogP contribution >= 0.6 is 0 Å². The van der Waals surface area contributed by atoms with Crippen molar-refractivity contribution in [1.82, 2.24) is 9.97 Å². The smallest absolute Gasteiger partial charge is 0.309 e. The maximum atomic E-state index is 13.7. The van der Waals surface area contributed by atoms with Crippen LogP contribution in [0.5, 0.6) is 5.75 Å². The zero-order valence-corrected chi connectivity index (χ0v) is 20.2. The van der Waals surface area contributed by atoms with Crippen molar-refractivity contribution in [3.63, 3.8) is 0 Å². The summed E-state index contributed by atoms with van der Waals surface area (Å²) < 4.78 is 25.0. The highest BCUT2D eigenvalue weighted by atomic mass is 19.1. The lowest BCUT2D eigenvalue weighted by Gasteiger charge is -2.19. The number of carbonyl (C=O) groups excluding carboxylic acids is 1. The summed E-state index contributed by atoms with van der Waals surface area (Å²) in [6.07, 6.45) is 4.36. The summed E-state index contributed by atoms with van der Waals surface area (Å²) in [6, 6.07) is 15.9. The van der Waals surface area contributed by atoms with Gasteiger partial charge in [0.2, 0.25) is 0 Å². The van der Waals surface area contributed by atoms with Crippen LogP contribution in [0.25, 0.3) is 22.5 Å². The highest BCUT2D eigenvalue weighted by Crippen LogP contribution is 2.34. The third-order valence-electron chi connectivity index (χ3n) is 5.61. The number of ether oxygens (including phenoxy) is 2. The Morgan fingerprint density at radius 1 is 0.971 bits per heavy atom. The van der Waals surface area contributed by atoms with E-state index in [-0.39, 0.29) is 12.8 Å². The van der Waals surface area contributed by atoms with Crippen LogP contribution in [-0.2, 0) is 9.53 Å². The maximum Gasteiger partial charge on any atom is 0.309 e. The summed E-state index contributed by atoms with van der Waals surface area (Å²) >= 11 is 0. The third kappa shape index (κ3) is 6.86. The molecule has 2 atom stereocenters. The molecule has 34 heavy (non-hydrogen) atoms. The standard InChI is InChI=1S/C28H33FN2O3/c1-4-7-15-33-23-18-30-28(31-19-23)25-16-21(13-14-24(25)20-11-9-8-10-12-20)26(6-3)34-27(32)17-22(29)5-2/h8-14,16,18-19,22,26H,4-7,15,17H2,1-3H3. The van der Waals surface area contributed by atoms with Crippen LogP contribution in [0.1, 0.15) is 64.5 Å². The molecule has 0 aliphatic heterocycles. The summed E-state index contributed by atoms with van der Waals surface area (Å²) in [5.41, 5.74) is 3.66. The van der Waals surface area contributed by atoms with Crippen molar-refractivity contribution in [2.24, 2.45) is 0 Å². The van der Waals surface area contributed by atoms with Crippen molar-refractivity contribution in [2.45, 2.75) is 65.2 Å². The van der Waals surface area contributed by atoms with E-state index in [1.165, 1.54) is 0 Å². The Kier molecular flexibility index (Phi) is 9.56. The third-order valence-corrected chi connectivity index (χ3v) is 5.61. The Balaban J connectivity index is 1.93. The summed E-state index contributed by atoms with van der Waals surface area (Å²) in [5.74, 6) is 0.658. The minimum atomic E-state index is -1.19. The van der Waals surface area contributed by atoms with Gasteiger partial charge in [0.1, 0.15) is 12.3 Å². The van der Waals surface area contributed by atoms with Crippen molar-refractivity contribution >= 4 is 5.97 Å². The molecule has 2 unspecified atom stereocenters. The van der Waals surface area contributed by atoms with Gasteiger partial charge in [-0.2, -0.15) is 0 Å². The second-order valence-electron chi connectivity index (χ2n) is 8.21. The molecule has 0 amide bonds. The number of hydrogen-bond acceptors (Lipinski definition) is 5. The molecule has 3 aromatic rings. The van der Waals surface area contributed by atoms with Gasteiger partial charge in [0.05, 0.1) is 25.4 Å². The van der Waals surface area contributed by atoms with E-state index < -0.39 is 18.2 Å². The number of carbonyl (C=O) groups is 1. The molecule has 3 rings (SSSR count). The average molecular weight is 465 g/mol. The Morgan fingerprint density at radius 2 is 1.71 bits per heavy atom. The molecule has 0 radical (unpaired) electrons. The highest BCUT2D eigenvalue weighted by molar-refractivity contribution is 5.81. The Hall–Kier alpha value is -3.28. The first-order chi connectivity index (χ1) is 16.5. The Morgan fingerprint density at radius 3 is 2.35 bits per heavy atom. The molecule has 0 aliphatic rings. The number of benzene rings is 2. The molecule has 2 aromatic carbocycles. The van der Waals surface area contributed by atoms with Crippen LogP contribution in [-0.4, -0.2) is 28.7 Å². The second kappa shape index (κ2) is 12.8. The lowest BCUT2D eigenvalue weighted by Crippen LogP contribution is -2.15. The van der Waals surface area contributed by atoms with Crippen LogP contribution in [0, 0.1) is 0 Å². The van der Waals surface area contributed by atoms with Gasteiger partial charge < -0.3 is 9.47 Å². The van der Waals surface area contributed by atoms with Gasteiger partial charge in [-0.1, -0.05) is 69.7 Å². The molecule has 0 bridgehead atoms. The fourth-order valence-corrected chi connectivity index (χ4v) is 3.60. The van der Waals surface area contributed by atoms with E-state index in [0.29, 0.717) is 24.6 Å². The predicted molar refractivity (Wildman–Crippen MR) is 132 cm³/mol. The fraction of sp³-hybridized carbons (Fsp3) is 0.393. The Bertz CT molecular complexity index is 1040. The van der Waals surface area contributed by atoms with Gasteiger partial charge in [0, 0.05) is 5.56 Å². The summed E-state index contributed by atoms with van der Waals surface area (Å²) in [5, 5.41) is 0. The second-order valence-corrected chi connectivity index (χ2v) is 8.21. The number of rotatable bonds is 12. The normalized spacial score (nSPS) is 12.7. The molecule has 0 aliphatic carbocycles. The minimum absolute atomic E-state index is 0.232. The van der Waals surface area contributed by atoms with E-state index >= 15 is 0 Å². The lowest BCUT2D eigenvalue weighted by molar-refractivity contribution is -0.151. The van der Waals surface area contributed by atoms with Gasteiger partial charge in [-0.3, -0.25) is 4.79 Å². The van der Waals surface area contributed by atoms with E-state index in [0.717, 1.165) is 35.1 Å². The van der Waals surface area contributed by atoms with Crippen molar-refractivity contribution < 1.29 is 18.7 Å². The molecular weight excluding hydrogens is 431 g/mol. The van der Waals surface area contributed by atoms with E-state index in [9.17, 15) is 9.18 Å². The zero-order chi connectivity index (χ0) is 24.3. The first-order valence-corrected chi connectivity index (χ1v) is 12.0. The average Bonchev–Trinajstić information content (AvgIpc) is 2.88. The predicted octanol–water partition coefficient (Wildman–Crippen LogP) is 7.12. The molecule has 0 N–H and O–H groups in total. The van der Waals surface area contributed by atoms with Crippen LogP contribution in [0.3, 0.4) is 0 Å². The largest absolute Gasteiger partial charge is 0.490 e. The SMILES string of the molecule is CCCCOc1cnc(-c2cc(C(CC)OC(=O)CC(F)CC)ccc2-c2ccccc2)nc1. The summed E-state index contributed by atoms with van der Waals surface area (Å²) in [6.45, 7) is 6.39. The molecule has 1 aromatic heterocycles. The van der Waals surface area contributed by atoms with Gasteiger partial charge >= 0.3 is 5.97 Å². The van der Waals surface area contributed by atoms with Gasteiger partial charge in [0.25, 0.3) is 0 Å². The molecule has 0 saturated heterocycles. The molecule has 1 heterocycles. The molecule has 0 spiro atoms. The number of unbranched alkanes of at least 4 members (excludes halogenated alkanes) is 1. The Labute approximate surface area is 201 Å². The van der Waals surface area contributed by atoms with Gasteiger partial charge in [0.15, 0.2) is 11.6 Å². The molecular formula is C28H33FN2O3. The van der Waals surface area contributed by atoms with Crippen molar-refractivity contribution in [2.75, 3.05) is 6.61 Å². The van der Waals surface area contributed by atoms with Crippen LogP contribution in [0.2, 0.25) is 0 Å². The van der Waals surface area contributed by atoms with E-state index in [1.807, 2.05) is 55.5 Å². The maximum absolute atomic E-state index is 13.7. The quantitative estimate of drug-likeness (QED) is 0.211. The number of alkyl halides is 1. The topological polar surface area (TPSA) is 61.3 Å². The van der Waals surface area contributed by atoms with E-state index in [4.69, 9.17) is 9.47 Å². The van der Waals surface area contributed by atoms with Crippen LogP contribution in [0.15, 0.2) is 60.9 Å². The van der Waals surface area contributed by atoms with Crippen molar-refractivity contribution in [3.05, 3.63) is 66.5 Å². The molecule has 0 fully saturated rings. The van der Waals surface area contributed by atoms with E-state index in [1.54, 1.807) is 19.3 Å². The molecule has 0 saturated carbocycles. The monoisotopic (exact) mass is 464 g/mol. The summed E-state index contributed by atoms with van der Waals surface area (Å²) in [4.78, 5) is 21.4.